The summed E-state index contributed by atoms with van der Waals surface area (Å²) < 4.78 is 14.2. The molecule has 0 saturated heterocycles. The van der Waals surface area contributed by atoms with Gasteiger partial charge in [-0.3, -0.25) is 5.10 Å². The minimum Gasteiger partial charge on any atom is -0.317 e. The fourth-order valence-corrected chi connectivity index (χ4v) is 3.69. The van der Waals surface area contributed by atoms with E-state index in [1.807, 2.05) is 6.92 Å². The first-order valence-electron chi connectivity index (χ1n) is 8.90. The zero-order chi connectivity index (χ0) is 18.3. The van der Waals surface area contributed by atoms with Gasteiger partial charge in [-0.05, 0) is 31.9 Å². The van der Waals surface area contributed by atoms with Crippen LogP contribution in [0.25, 0.3) is 0 Å². The first-order chi connectivity index (χ1) is 12.6. The average molecular weight is 353 g/mol. The fourth-order valence-electron chi connectivity index (χ4n) is 3.69. The molecule has 0 radical (unpaired) electrons. The lowest BCUT2D eigenvalue weighted by molar-refractivity contribution is 0.181. The number of carbonyl (C=O) groups excluding carboxylic acids is 1. The number of hydrogen-bond donors (Lipinski definition) is 2. The zero-order valence-corrected chi connectivity index (χ0v) is 14.6. The van der Waals surface area contributed by atoms with Crippen molar-refractivity contribution in [3.8, 4) is 6.07 Å². The number of aromatic amines is 1. The van der Waals surface area contributed by atoms with E-state index in [0.29, 0.717) is 18.9 Å². The van der Waals surface area contributed by atoms with Gasteiger partial charge >= 0.3 is 6.03 Å². The first kappa shape index (κ1) is 16.6. The third-order valence-corrected chi connectivity index (χ3v) is 5.46. The molecule has 1 unspecified atom stereocenters. The lowest BCUT2D eigenvalue weighted by Crippen LogP contribution is -2.45. The van der Waals surface area contributed by atoms with Gasteiger partial charge in [0.05, 0.1) is 23.5 Å². The Hall–Kier alpha value is -2.88. The minimum atomic E-state index is -0.702. The molecule has 0 spiro atoms. The molecule has 2 aromatic rings. The number of fused-ring (bicyclic) bond motifs is 1. The number of nitrogens with one attached hydrogen (secondary N) is 2. The summed E-state index contributed by atoms with van der Waals surface area (Å²) in [5, 5.41) is 19.2. The highest BCUT2D eigenvalue weighted by Crippen LogP contribution is 2.39. The van der Waals surface area contributed by atoms with Crippen molar-refractivity contribution in [1.29, 1.82) is 5.26 Å². The minimum absolute atomic E-state index is 0.0263. The highest BCUT2D eigenvalue weighted by molar-refractivity contribution is 5.90. The molecule has 26 heavy (non-hydrogen) atoms. The number of halogens is 1. The molecule has 1 aliphatic carbocycles. The molecule has 2 N–H and O–H groups in total. The van der Waals surface area contributed by atoms with Gasteiger partial charge in [-0.25, -0.2) is 9.18 Å². The number of anilines is 1. The number of nitrogens with zero attached hydrogens (tertiary/aromatic N) is 3. The van der Waals surface area contributed by atoms with Crippen molar-refractivity contribution in [2.75, 3.05) is 5.32 Å². The Morgan fingerprint density at radius 3 is 2.96 bits per heavy atom. The fraction of sp³-hybridized carbons (Fsp3) is 0.421. The normalized spacial score (nSPS) is 19.4. The number of carbonyl (C=O) groups is 1. The van der Waals surface area contributed by atoms with E-state index in [2.05, 4.69) is 15.5 Å². The summed E-state index contributed by atoms with van der Waals surface area (Å²) in [5.41, 5.74) is 3.22. The van der Waals surface area contributed by atoms with E-state index in [1.165, 1.54) is 18.6 Å². The molecule has 0 bridgehead atoms. The van der Waals surface area contributed by atoms with Crippen molar-refractivity contribution < 1.29 is 9.18 Å². The topological polar surface area (TPSA) is 84.8 Å². The van der Waals surface area contributed by atoms with Crippen LogP contribution in [0.5, 0.6) is 0 Å². The van der Waals surface area contributed by atoms with E-state index in [9.17, 15) is 9.18 Å². The maximum Gasteiger partial charge on any atom is 0.322 e. The monoisotopic (exact) mass is 353 g/mol. The van der Waals surface area contributed by atoms with Crippen LogP contribution >= 0.6 is 0 Å². The first-order valence-corrected chi connectivity index (χ1v) is 8.90. The molecule has 6 nitrogen and oxygen atoms in total. The summed E-state index contributed by atoms with van der Waals surface area (Å²) in [7, 11) is 0. The highest BCUT2D eigenvalue weighted by Gasteiger charge is 2.34. The van der Waals surface area contributed by atoms with Gasteiger partial charge in [0.1, 0.15) is 6.07 Å². The van der Waals surface area contributed by atoms with Gasteiger partial charge in [-0.2, -0.15) is 10.4 Å². The van der Waals surface area contributed by atoms with E-state index in [-0.39, 0.29) is 23.3 Å². The quantitative estimate of drug-likeness (QED) is 0.864. The van der Waals surface area contributed by atoms with Crippen molar-refractivity contribution in [3.63, 3.8) is 0 Å². The Balaban J connectivity index is 1.55. The molecular weight excluding hydrogens is 333 g/mol. The SMILES string of the molecule is CC1Cc2[nH]nc(C3CCC3)c2CN1C(=O)Nc1cccc(C#N)c1F. The van der Waals surface area contributed by atoms with Crippen molar-refractivity contribution in [3.05, 3.63) is 46.5 Å². The lowest BCUT2D eigenvalue weighted by Gasteiger charge is -2.34. The zero-order valence-electron chi connectivity index (χ0n) is 14.6. The summed E-state index contributed by atoms with van der Waals surface area (Å²) in [6, 6.07) is 5.80. The van der Waals surface area contributed by atoms with Gasteiger partial charge in [-0.1, -0.05) is 12.5 Å². The predicted molar refractivity (Wildman–Crippen MR) is 94.0 cm³/mol. The second-order valence-electron chi connectivity index (χ2n) is 7.08. The Morgan fingerprint density at radius 1 is 1.46 bits per heavy atom. The highest BCUT2D eigenvalue weighted by atomic mass is 19.1. The summed E-state index contributed by atoms with van der Waals surface area (Å²) in [6.07, 6.45) is 4.21. The molecule has 2 heterocycles. The van der Waals surface area contributed by atoms with Crippen LogP contribution in [-0.4, -0.2) is 27.2 Å². The second kappa shape index (κ2) is 6.45. The molecule has 2 amide bonds. The predicted octanol–water partition coefficient (Wildman–Crippen LogP) is 3.67. The average Bonchev–Trinajstić information content (AvgIpc) is 2.97. The van der Waals surface area contributed by atoms with Gasteiger partial charge in [0.15, 0.2) is 5.82 Å². The Kier molecular flexibility index (Phi) is 4.11. The van der Waals surface area contributed by atoms with Crippen molar-refractivity contribution in [2.45, 2.75) is 51.1 Å². The van der Waals surface area contributed by atoms with Crippen LogP contribution in [0.2, 0.25) is 0 Å². The number of rotatable bonds is 2. The molecule has 1 atom stereocenters. The van der Waals surface area contributed by atoms with E-state index < -0.39 is 5.82 Å². The Bertz CT molecular complexity index is 896. The largest absolute Gasteiger partial charge is 0.322 e. The standard InChI is InChI=1S/C19H20FN5O/c1-11-8-16-14(18(24-23-16)12-4-2-5-12)10-25(11)19(26)22-15-7-3-6-13(9-21)17(15)20/h3,6-7,11-12H,2,4-5,8,10H2,1H3,(H,22,26)(H,23,24). The van der Waals surface area contributed by atoms with E-state index in [0.717, 1.165) is 29.8 Å². The number of benzene rings is 1. The van der Waals surface area contributed by atoms with Gasteiger partial charge in [-0.15, -0.1) is 0 Å². The van der Waals surface area contributed by atoms with Crippen LogP contribution in [0.4, 0.5) is 14.9 Å². The Morgan fingerprint density at radius 2 is 2.27 bits per heavy atom. The molecule has 134 valence electrons. The van der Waals surface area contributed by atoms with Crippen LogP contribution in [0.3, 0.4) is 0 Å². The number of amides is 2. The number of hydrogen-bond acceptors (Lipinski definition) is 3. The summed E-state index contributed by atoms with van der Waals surface area (Å²) >= 11 is 0. The second-order valence-corrected chi connectivity index (χ2v) is 7.08. The van der Waals surface area contributed by atoms with E-state index in [1.54, 1.807) is 17.0 Å². The maximum atomic E-state index is 14.2. The third kappa shape index (κ3) is 2.71. The van der Waals surface area contributed by atoms with Crippen molar-refractivity contribution in [2.24, 2.45) is 0 Å². The summed E-state index contributed by atoms with van der Waals surface area (Å²) in [5.74, 6) is -0.217. The molecule has 1 aromatic heterocycles. The van der Waals surface area contributed by atoms with Gasteiger partial charge < -0.3 is 10.2 Å². The number of nitriles is 1. The van der Waals surface area contributed by atoms with Gasteiger partial charge in [0, 0.05) is 29.6 Å². The lowest BCUT2D eigenvalue weighted by atomic mass is 9.80. The van der Waals surface area contributed by atoms with Crippen LogP contribution in [-0.2, 0) is 13.0 Å². The van der Waals surface area contributed by atoms with Gasteiger partial charge in [0.2, 0.25) is 0 Å². The molecule has 2 aliphatic rings. The van der Waals surface area contributed by atoms with Crippen molar-refractivity contribution in [1.82, 2.24) is 15.1 Å². The number of urea groups is 1. The van der Waals surface area contributed by atoms with Gasteiger partial charge in [0.25, 0.3) is 0 Å². The van der Waals surface area contributed by atoms with E-state index in [4.69, 9.17) is 5.26 Å². The molecule has 1 aromatic carbocycles. The summed E-state index contributed by atoms with van der Waals surface area (Å²) in [4.78, 5) is 14.5. The van der Waals surface area contributed by atoms with Crippen LogP contribution in [0.1, 0.15) is 54.6 Å². The van der Waals surface area contributed by atoms with E-state index >= 15 is 0 Å². The smallest absolute Gasteiger partial charge is 0.317 e. The van der Waals surface area contributed by atoms with Crippen LogP contribution in [0, 0.1) is 17.1 Å². The molecule has 1 fully saturated rings. The van der Waals surface area contributed by atoms with Crippen LogP contribution in [0.15, 0.2) is 18.2 Å². The third-order valence-electron chi connectivity index (χ3n) is 5.46. The molecule has 7 heteroatoms. The van der Waals surface area contributed by atoms with Crippen molar-refractivity contribution >= 4 is 11.7 Å². The summed E-state index contributed by atoms with van der Waals surface area (Å²) in [6.45, 7) is 2.43. The number of aromatic nitrogens is 2. The molecule has 4 rings (SSSR count). The molecule has 1 aliphatic heterocycles. The molecular formula is C19H20FN5O. The molecule has 1 saturated carbocycles. The number of H-pyrrole nitrogens is 1. The van der Waals surface area contributed by atoms with Crippen LogP contribution < -0.4 is 5.32 Å². The maximum absolute atomic E-state index is 14.2. The Labute approximate surface area is 151 Å².